The van der Waals surface area contributed by atoms with Crippen LogP contribution in [-0.4, -0.2) is 37.0 Å². The van der Waals surface area contributed by atoms with Gasteiger partial charge < -0.3 is 10.2 Å². The van der Waals surface area contributed by atoms with E-state index in [0.717, 1.165) is 45.4 Å². The summed E-state index contributed by atoms with van der Waals surface area (Å²) in [5.41, 5.74) is 0.545. The Balaban J connectivity index is 2.06. The molecule has 0 bridgehead atoms. The van der Waals surface area contributed by atoms with Crippen molar-refractivity contribution < 1.29 is 4.79 Å². The highest BCUT2D eigenvalue weighted by atomic mass is 35.5. The van der Waals surface area contributed by atoms with Gasteiger partial charge in [0.15, 0.2) is 0 Å². The summed E-state index contributed by atoms with van der Waals surface area (Å²) in [7, 11) is 0. The molecule has 0 aromatic carbocycles. The summed E-state index contributed by atoms with van der Waals surface area (Å²) < 4.78 is 1.06. The van der Waals surface area contributed by atoms with Gasteiger partial charge in [0.1, 0.15) is 4.34 Å². The summed E-state index contributed by atoms with van der Waals surface area (Å²) in [5.74, 6) is 0.596. The lowest BCUT2D eigenvalue weighted by molar-refractivity contribution is 0.0717. The molecule has 1 amide bonds. The Hall–Kier alpha value is -0.290. The smallest absolute Gasteiger partial charge is 0.256 e. The number of nitrogens with zero attached hydrogens (tertiary/aromatic N) is 1. The van der Waals surface area contributed by atoms with Crippen molar-refractivity contribution in [1.82, 2.24) is 10.2 Å². The Morgan fingerprint density at radius 3 is 2.70 bits per heavy atom. The average Bonchev–Trinajstić information content (AvgIpc) is 2.77. The molecule has 1 aliphatic rings. The Labute approximate surface area is 134 Å². The van der Waals surface area contributed by atoms with Gasteiger partial charge in [-0.1, -0.05) is 30.1 Å². The maximum absolute atomic E-state index is 12.6. The topological polar surface area (TPSA) is 32.3 Å². The number of hydrogen-bond acceptors (Lipinski definition) is 3. The van der Waals surface area contributed by atoms with E-state index in [2.05, 4.69) is 12.2 Å². The second-order valence-electron chi connectivity index (χ2n) is 5.18. The Kier molecular flexibility index (Phi) is 6.15. The van der Waals surface area contributed by atoms with Crippen molar-refractivity contribution in [2.24, 2.45) is 5.92 Å². The van der Waals surface area contributed by atoms with E-state index in [1.807, 2.05) is 4.90 Å². The van der Waals surface area contributed by atoms with Gasteiger partial charge >= 0.3 is 0 Å². The molecule has 0 aliphatic carbocycles. The summed E-state index contributed by atoms with van der Waals surface area (Å²) in [6.07, 6.45) is 3.21. The fourth-order valence-corrected chi connectivity index (χ4v) is 4.03. The van der Waals surface area contributed by atoms with E-state index in [9.17, 15) is 4.79 Å². The number of nitrogens with one attached hydrogen (secondary N) is 1. The van der Waals surface area contributed by atoms with E-state index in [4.69, 9.17) is 23.2 Å². The van der Waals surface area contributed by atoms with Crippen LogP contribution in [0.25, 0.3) is 0 Å². The molecule has 1 N–H and O–H groups in total. The third kappa shape index (κ3) is 4.10. The van der Waals surface area contributed by atoms with Gasteiger partial charge in [0, 0.05) is 13.1 Å². The van der Waals surface area contributed by atoms with E-state index in [1.54, 1.807) is 6.07 Å². The van der Waals surface area contributed by atoms with Gasteiger partial charge in [-0.15, -0.1) is 11.3 Å². The fourth-order valence-electron chi connectivity index (χ4n) is 2.58. The molecule has 1 aromatic rings. The molecule has 1 aromatic heterocycles. The molecule has 2 heterocycles. The SMILES string of the molecule is CCCN(CC1CCNCC1)C(=O)c1cc(Cl)sc1Cl. The van der Waals surface area contributed by atoms with Crippen molar-refractivity contribution in [1.29, 1.82) is 0 Å². The summed E-state index contributed by atoms with van der Waals surface area (Å²) in [6.45, 7) is 5.77. The van der Waals surface area contributed by atoms with Crippen LogP contribution in [0.4, 0.5) is 0 Å². The Morgan fingerprint density at radius 1 is 1.45 bits per heavy atom. The standard InChI is InChI=1S/C14H20Cl2N2OS/c1-2-7-18(9-10-3-5-17-6-4-10)14(19)11-8-12(15)20-13(11)16/h8,10,17H,2-7,9H2,1H3. The Morgan fingerprint density at radius 2 is 2.15 bits per heavy atom. The highest BCUT2D eigenvalue weighted by Crippen LogP contribution is 2.32. The van der Waals surface area contributed by atoms with Gasteiger partial charge in [0.05, 0.1) is 9.90 Å². The molecule has 1 saturated heterocycles. The highest BCUT2D eigenvalue weighted by molar-refractivity contribution is 7.20. The minimum atomic E-state index is 0.0125. The van der Waals surface area contributed by atoms with Crippen molar-refractivity contribution in [2.45, 2.75) is 26.2 Å². The quantitative estimate of drug-likeness (QED) is 0.885. The van der Waals surface area contributed by atoms with Crippen molar-refractivity contribution in [3.63, 3.8) is 0 Å². The van der Waals surface area contributed by atoms with Crippen LogP contribution in [-0.2, 0) is 0 Å². The van der Waals surface area contributed by atoms with Gasteiger partial charge in [0.25, 0.3) is 5.91 Å². The third-order valence-corrected chi connectivity index (χ3v) is 5.09. The molecule has 0 spiro atoms. The maximum Gasteiger partial charge on any atom is 0.256 e. The zero-order valence-corrected chi connectivity index (χ0v) is 14.0. The van der Waals surface area contributed by atoms with Gasteiger partial charge in [-0.2, -0.15) is 0 Å². The van der Waals surface area contributed by atoms with E-state index < -0.39 is 0 Å². The molecular weight excluding hydrogens is 315 g/mol. The number of halogens is 2. The molecule has 0 radical (unpaired) electrons. The van der Waals surface area contributed by atoms with Gasteiger partial charge in [-0.3, -0.25) is 4.79 Å². The van der Waals surface area contributed by atoms with Crippen molar-refractivity contribution in [3.05, 3.63) is 20.3 Å². The molecule has 0 atom stereocenters. The van der Waals surface area contributed by atoms with Crippen molar-refractivity contribution in [3.8, 4) is 0 Å². The largest absolute Gasteiger partial charge is 0.338 e. The first-order chi connectivity index (χ1) is 9.61. The average molecular weight is 335 g/mol. The van der Waals surface area contributed by atoms with E-state index in [1.165, 1.54) is 11.3 Å². The van der Waals surface area contributed by atoms with Crippen LogP contribution in [0.5, 0.6) is 0 Å². The summed E-state index contributed by atoms with van der Waals surface area (Å²) in [4.78, 5) is 14.5. The van der Waals surface area contributed by atoms with Crippen molar-refractivity contribution >= 4 is 40.4 Å². The van der Waals surface area contributed by atoms with Crippen LogP contribution >= 0.6 is 34.5 Å². The molecule has 20 heavy (non-hydrogen) atoms. The minimum absolute atomic E-state index is 0.0125. The number of hydrogen-bond donors (Lipinski definition) is 1. The zero-order valence-electron chi connectivity index (χ0n) is 11.6. The number of carbonyl (C=O) groups is 1. The molecule has 6 heteroatoms. The summed E-state index contributed by atoms with van der Waals surface area (Å²) in [5, 5.41) is 3.35. The minimum Gasteiger partial charge on any atom is -0.338 e. The number of amides is 1. The van der Waals surface area contributed by atoms with Crippen molar-refractivity contribution in [2.75, 3.05) is 26.2 Å². The summed E-state index contributed by atoms with van der Waals surface area (Å²) >= 11 is 13.3. The number of rotatable bonds is 5. The van der Waals surface area contributed by atoms with Gasteiger partial charge in [-0.25, -0.2) is 0 Å². The lowest BCUT2D eigenvalue weighted by Gasteiger charge is -2.30. The van der Waals surface area contributed by atoms with Crippen LogP contribution in [0.15, 0.2) is 6.07 Å². The molecule has 0 unspecified atom stereocenters. The van der Waals surface area contributed by atoms with Crippen LogP contribution < -0.4 is 5.32 Å². The van der Waals surface area contributed by atoms with Crippen LogP contribution in [0.1, 0.15) is 36.5 Å². The number of thiophene rings is 1. The van der Waals surface area contributed by atoms with E-state index >= 15 is 0 Å². The fraction of sp³-hybridized carbons (Fsp3) is 0.643. The molecular formula is C14H20Cl2N2OS. The number of piperidine rings is 1. The third-order valence-electron chi connectivity index (χ3n) is 3.61. The lowest BCUT2D eigenvalue weighted by Crippen LogP contribution is -2.39. The van der Waals surface area contributed by atoms with E-state index in [-0.39, 0.29) is 5.91 Å². The molecule has 112 valence electrons. The molecule has 1 aliphatic heterocycles. The molecule has 3 nitrogen and oxygen atoms in total. The summed E-state index contributed by atoms with van der Waals surface area (Å²) in [6, 6.07) is 1.68. The first-order valence-electron chi connectivity index (χ1n) is 7.06. The second-order valence-corrected chi connectivity index (χ2v) is 7.47. The molecule has 1 fully saturated rings. The molecule has 2 rings (SSSR count). The van der Waals surface area contributed by atoms with E-state index in [0.29, 0.717) is 20.2 Å². The van der Waals surface area contributed by atoms with Crippen LogP contribution in [0.2, 0.25) is 8.67 Å². The first kappa shape index (κ1) is 16.1. The second kappa shape index (κ2) is 7.64. The lowest BCUT2D eigenvalue weighted by atomic mass is 9.97. The number of carbonyl (C=O) groups excluding carboxylic acids is 1. The monoisotopic (exact) mass is 334 g/mol. The van der Waals surface area contributed by atoms with Crippen LogP contribution in [0, 0.1) is 5.92 Å². The zero-order chi connectivity index (χ0) is 14.5. The van der Waals surface area contributed by atoms with Gasteiger partial charge in [-0.05, 0) is 44.3 Å². The normalized spacial score (nSPS) is 16.4. The maximum atomic E-state index is 12.6. The predicted octanol–water partition coefficient (Wildman–Crippen LogP) is 3.91. The Bertz CT molecular complexity index is 458. The highest BCUT2D eigenvalue weighted by Gasteiger charge is 2.24. The molecule has 0 saturated carbocycles. The van der Waals surface area contributed by atoms with Crippen LogP contribution in [0.3, 0.4) is 0 Å². The van der Waals surface area contributed by atoms with Gasteiger partial charge in [0.2, 0.25) is 0 Å². The first-order valence-corrected chi connectivity index (χ1v) is 8.64. The predicted molar refractivity (Wildman–Crippen MR) is 86.1 cm³/mol.